The van der Waals surface area contributed by atoms with Gasteiger partial charge in [-0.2, -0.15) is 0 Å². The first-order valence-corrected chi connectivity index (χ1v) is 12.8. The van der Waals surface area contributed by atoms with Gasteiger partial charge in [-0.3, -0.25) is 4.79 Å². The quantitative estimate of drug-likeness (QED) is 0.713. The maximum Gasteiger partial charge on any atom is 0.233 e. The molecule has 1 N–H and O–H groups in total. The Morgan fingerprint density at radius 1 is 1.21 bits per heavy atom. The maximum atomic E-state index is 13.2. The maximum absolute atomic E-state index is 13.2. The highest BCUT2D eigenvalue weighted by Crippen LogP contribution is 2.41. The molecule has 0 spiro atoms. The van der Waals surface area contributed by atoms with Gasteiger partial charge in [-0.15, -0.1) is 11.3 Å². The van der Waals surface area contributed by atoms with E-state index in [1.807, 2.05) is 5.38 Å². The summed E-state index contributed by atoms with van der Waals surface area (Å²) in [4.78, 5) is 18.0. The van der Waals surface area contributed by atoms with E-state index in [2.05, 4.69) is 10.3 Å². The fourth-order valence-electron chi connectivity index (χ4n) is 3.76. The fourth-order valence-corrected chi connectivity index (χ4v) is 5.19. The highest BCUT2D eigenvalue weighted by atomic mass is 32.2. The molecule has 1 unspecified atom stereocenters. The molecule has 1 aliphatic carbocycles. The van der Waals surface area contributed by atoms with E-state index in [-0.39, 0.29) is 16.7 Å². The third kappa shape index (κ3) is 5.24. The second kappa shape index (κ2) is 8.53. The molecule has 2 heterocycles. The smallest absolute Gasteiger partial charge is 0.233 e. The van der Waals surface area contributed by atoms with Crippen molar-refractivity contribution in [2.75, 3.05) is 24.8 Å². The van der Waals surface area contributed by atoms with Gasteiger partial charge in [-0.1, -0.05) is 12.1 Å². The summed E-state index contributed by atoms with van der Waals surface area (Å²) >= 11 is 1.47. The van der Waals surface area contributed by atoms with Crippen LogP contribution in [-0.4, -0.2) is 38.8 Å². The summed E-state index contributed by atoms with van der Waals surface area (Å²) in [5.74, 6) is 0.533. The lowest BCUT2D eigenvalue weighted by Gasteiger charge is -2.26. The van der Waals surface area contributed by atoms with Crippen LogP contribution in [0, 0.1) is 5.92 Å². The van der Waals surface area contributed by atoms with E-state index in [0.717, 1.165) is 37.3 Å². The number of ether oxygens (including phenoxy) is 1. The first-order valence-electron chi connectivity index (χ1n) is 10.0. The van der Waals surface area contributed by atoms with E-state index in [9.17, 15) is 13.2 Å². The van der Waals surface area contributed by atoms with Crippen molar-refractivity contribution in [1.82, 2.24) is 4.98 Å². The number of nitrogens with one attached hydrogen (secondary N) is 1. The number of rotatable bonds is 7. The Labute approximate surface area is 175 Å². The zero-order valence-corrected chi connectivity index (χ0v) is 18.1. The first kappa shape index (κ1) is 20.5. The first-order chi connectivity index (χ1) is 13.9. The molecule has 6 nitrogen and oxygen atoms in total. The molecule has 2 aliphatic rings. The lowest BCUT2D eigenvalue weighted by atomic mass is 9.84. The number of hydrogen-bond acceptors (Lipinski definition) is 6. The number of hydrogen-bond donors (Lipinski definition) is 1. The predicted molar refractivity (Wildman–Crippen MR) is 113 cm³/mol. The number of carbonyl (C=O) groups is 1. The SMILES string of the molecule is CS(=O)(=O)c1ccc(C(CC2CCOCC2)C(=O)Nc2nc(C3CC3)cs2)cc1. The summed E-state index contributed by atoms with van der Waals surface area (Å²) < 4.78 is 29.0. The van der Waals surface area contributed by atoms with Crippen LogP contribution in [0.2, 0.25) is 0 Å². The Morgan fingerprint density at radius 2 is 1.90 bits per heavy atom. The van der Waals surface area contributed by atoms with Crippen LogP contribution in [0.1, 0.15) is 55.2 Å². The number of aromatic nitrogens is 1. The standard InChI is InChI=1S/C21H26N2O4S2/c1-29(25,26)17-6-4-15(5-7-17)18(12-14-8-10-27-11-9-14)20(24)23-21-22-19(13-28-21)16-2-3-16/h4-7,13-14,16,18H,2-3,8-12H2,1H3,(H,22,23,24). The Bertz CT molecular complexity index is 959. The molecule has 0 radical (unpaired) electrons. The van der Waals surface area contributed by atoms with E-state index in [0.29, 0.717) is 23.4 Å². The summed E-state index contributed by atoms with van der Waals surface area (Å²) in [6.45, 7) is 1.45. The third-order valence-corrected chi connectivity index (χ3v) is 7.59. The van der Waals surface area contributed by atoms with Gasteiger partial charge in [0.1, 0.15) is 0 Å². The zero-order chi connectivity index (χ0) is 20.4. The van der Waals surface area contributed by atoms with Gasteiger partial charge in [0.05, 0.1) is 16.5 Å². The number of benzene rings is 1. The van der Waals surface area contributed by atoms with Crippen molar-refractivity contribution in [3.8, 4) is 0 Å². The number of anilines is 1. The Balaban J connectivity index is 1.53. The van der Waals surface area contributed by atoms with Crippen molar-refractivity contribution in [1.29, 1.82) is 0 Å². The summed E-state index contributed by atoms with van der Waals surface area (Å²) in [5, 5.41) is 5.67. The zero-order valence-electron chi connectivity index (χ0n) is 16.5. The van der Waals surface area contributed by atoms with Crippen molar-refractivity contribution in [3.05, 3.63) is 40.9 Å². The molecule has 0 bridgehead atoms. The lowest BCUT2D eigenvalue weighted by molar-refractivity contribution is -0.118. The minimum Gasteiger partial charge on any atom is -0.381 e. The van der Waals surface area contributed by atoms with Crippen LogP contribution >= 0.6 is 11.3 Å². The molecule has 1 aromatic heterocycles. The number of sulfone groups is 1. The molecular weight excluding hydrogens is 408 g/mol. The van der Waals surface area contributed by atoms with E-state index in [1.165, 1.54) is 30.4 Å². The van der Waals surface area contributed by atoms with E-state index in [4.69, 9.17) is 4.74 Å². The molecule has 1 amide bonds. The summed E-state index contributed by atoms with van der Waals surface area (Å²) in [6, 6.07) is 6.70. The van der Waals surface area contributed by atoms with E-state index >= 15 is 0 Å². The topological polar surface area (TPSA) is 85.4 Å². The van der Waals surface area contributed by atoms with Crippen LogP contribution < -0.4 is 5.32 Å². The highest BCUT2D eigenvalue weighted by Gasteiger charge is 2.29. The normalized spacial score (nSPS) is 19.1. The van der Waals surface area contributed by atoms with Gasteiger partial charge in [-0.05, 0) is 55.7 Å². The van der Waals surface area contributed by atoms with Gasteiger partial charge >= 0.3 is 0 Å². The molecule has 2 aromatic rings. The van der Waals surface area contributed by atoms with E-state index < -0.39 is 9.84 Å². The number of amides is 1. The van der Waals surface area contributed by atoms with Gasteiger partial charge in [0.15, 0.2) is 15.0 Å². The molecule has 156 valence electrons. The molecule has 1 saturated heterocycles. The van der Waals surface area contributed by atoms with Crippen LogP contribution in [0.4, 0.5) is 5.13 Å². The van der Waals surface area contributed by atoms with Crippen molar-refractivity contribution in [3.63, 3.8) is 0 Å². The minimum atomic E-state index is -3.27. The van der Waals surface area contributed by atoms with Gasteiger partial charge in [0.2, 0.25) is 5.91 Å². The van der Waals surface area contributed by atoms with Crippen LogP contribution in [0.3, 0.4) is 0 Å². The summed E-state index contributed by atoms with van der Waals surface area (Å²) in [6.07, 6.45) is 6.14. The Hall–Kier alpha value is -1.77. The van der Waals surface area contributed by atoms with Gasteiger partial charge in [-0.25, -0.2) is 13.4 Å². The summed E-state index contributed by atoms with van der Waals surface area (Å²) in [7, 11) is -3.27. The molecule has 4 rings (SSSR count). The van der Waals surface area contributed by atoms with Crippen LogP contribution in [0.25, 0.3) is 0 Å². The van der Waals surface area contributed by atoms with Crippen molar-refractivity contribution in [2.45, 2.75) is 48.8 Å². The van der Waals surface area contributed by atoms with Gasteiger partial charge in [0, 0.05) is 30.8 Å². The van der Waals surface area contributed by atoms with Gasteiger partial charge in [0.25, 0.3) is 0 Å². The lowest BCUT2D eigenvalue weighted by Crippen LogP contribution is -2.26. The summed E-state index contributed by atoms with van der Waals surface area (Å²) in [5.41, 5.74) is 1.91. The van der Waals surface area contributed by atoms with Crippen LogP contribution in [0.5, 0.6) is 0 Å². The van der Waals surface area contributed by atoms with Crippen LogP contribution in [0.15, 0.2) is 34.5 Å². The average molecular weight is 435 g/mol. The monoisotopic (exact) mass is 434 g/mol. The predicted octanol–water partition coefficient (Wildman–Crippen LogP) is 3.96. The van der Waals surface area contributed by atoms with Crippen molar-refractivity contribution in [2.24, 2.45) is 5.92 Å². The third-order valence-electron chi connectivity index (χ3n) is 5.68. The van der Waals surface area contributed by atoms with Crippen LogP contribution in [-0.2, 0) is 19.4 Å². The van der Waals surface area contributed by atoms with Crippen molar-refractivity contribution < 1.29 is 17.9 Å². The molecule has 29 heavy (non-hydrogen) atoms. The molecule has 1 aromatic carbocycles. The minimum absolute atomic E-state index is 0.0831. The highest BCUT2D eigenvalue weighted by molar-refractivity contribution is 7.90. The number of thiazole rings is 1. The molecule has 1 atom stereocenters. The average Bonchev–Trinajstić information content (AvgIpc) is 3.46. The molecule has 8 heteroatoms. The van der Waals surface area contributed by atoms with Crippen molar-refractivity contribution >= 4 is 32.2 Å². The second-order valence-corrected chi connectivity index (χ2v) is 10.9. The molecule has 2 fully saturated rings. The van der Waals surface area contributed by atoms with Gasteiger partial charge < -0.3 is 10.1 Å². The molecule has 1 aliphatic heterocycles. The fraction of sp³-hybridized carbons (Fsp3) is 0.524. The molecule has 1 saturated carbocycles. The Morgan fingerprint density at radius 3 is 2.52 bits per heavy atom. The number of carbonyl (C=O) groups excluding carboxylic acids is 1. The van der Waals surface area contributed by atoms with E-state index in [1.54, 1.807) is 24.3 Å². The largest absolute Gasteiger partial charge is 0.381 e. The number of nitrogens with zero attached hydrogens (tertiary/aromatic N) is 1. The molecular formula is C21H26N2O4S2. The second-order valence-electron chi connectivity index (χ2n) is 8.03. The Kier molecular flexibility index (Phi) is 6.03.